The molecule has 1 saturated heterocycles. The molecule has 4 rings (SSSR count). The highest BCUT2D eigenvalue weighted by molar-refractivity contribution is 6.30. The summed E-state index contributed by atoms with van der Waals surface area (Å²) in [5.41, 5.74) is 1.36. The van der Waals surface area contributed by atoms with Crippen molar-refractivity contribution in [2.75, 3.05) is 45.5 Å². The first kappa shape index (κ1) is 29.1. The van der Waals surface area contributed by atoms with E-state index in [4.69, 9.17) is 40.0 Å². The molecule has 1 amide bonds. The summed E-state index contributed by atoms with van der Waals surface area (Å²) in [5, 5.41) is 0.470. The Hall–Kier alpha value is -2.85. The average molecular weight is 562 g/mol. The molecule has 212 valence electrons. The third-order valence-electron chi connectivity index (χ3n) is 6.85. The first-order valence-electron chi connectivity index (χ1n) is 12.9. The minimum Gasteiger partial charge on any atom is -0.493 e. The van der Waals surface area contributed by atoms with Crippen molar-refractivity contribution >= 4 is 29.2 Å². The highest BCUT2D eigenvalue weighted by Crippen LogP contribution is 2.46. The van der Waals surface area contributed by atoms with Gasteiger partial charge in [-0.15, -0.1) is 0 Å². The molecule has 2 aromatic carbocycles. The molecule has 39 heavy (non-hydrogen) atoms. The lowest BCUT2D eigenvalue weighted by Crippen LogP contribution is -2.53. The number of carbonyl (C=O) groups excluding carboxylic acids is 2. The number of ether oxygens (including phenoxy) is 6. The largest absolute Gasteiger partial charge is 0.493 e. The van der Waals surface area contributed by atoms with Crippen molar-refractivity contribution in [3.63, 3.8) is 0 Å². The van der Waals surface area contributed by atoms with E-state index in [2.05, 4.69) is 0 Å². The van der Waals surface area contributed by atoms with Gasteiger partial charge in [-0.1, -0.05) is 30.7 Å². The summed E-state index contributed by atoms with van der Waals surface area (Å²) in [5.74, 6) is -0.661. The summed E-state index contributed by atoms with van der Waals surface area (Å²) in [6.45, 7) is 8.64. The molecule has 2 heterocycles. The summed E-state index contributed by atoms with van der Waals surface area (Å²) in [4.78, 5) is 28.4. The quantitative estimate of drug-likeness (QED) is 0.419. The van der Waals surface area contributed by atoms with Crippen molar-refractivity contribution in [3.05, 3.63) is 52.5 Å². The van der Waals surface area contributed by atoms with Gasteiger partial charge in [0.25, 0.3) is 5.91 Å². The van der Waals surface area contributed by atoms with Crippen molar-refractivity contribution in [1.82, 2.24) is 0 Å². The Balaban J connectivity index is 1.84. The maximum Gasteiger partial charge on any atom is 0.308 e. The molecule has 10 heteroatoms. The van der Waals surface area contributed by atoms with E-state index < -0.39 is 29.4 Å². The van der Waals surface area contributed by atoms with Crippen molar-refractivity contribution in [2.24, 2.45) is 5.41 Å². The number of hydrogen-bond acceptors (Lipinski definition) is 8. The van der Waals surface area contributed by atoms with Gasteiger partial charge in [-0.2, -0.15) is 0 Å². The van der Waals surface area contributed by atoms with Crippen LogP contribution in [0.15, 0.2) is 36.4 Å². The predicted octanol–water partition coefficient (Wildman–Crippen LogP) is 4.92. The summed E-state index contributed by atoms with van der Waals surface area (Å²) in [7, 11) is 3.08. The number of benzene rings is 2. The van der Waals surface area contributed by atoms with E-state index in [1.807, 2.05) is 32.9 Å². The van der Waals surface area contributed by atoms with E-state index in [0.717, 1.165) is 0 Å². The number of halogens is 1. The first-order chi connectivity index (χ1) is 18.5. The van der Waals surface area contributed by atoms with Crippen LogP contribution in [0, 0.1) is 5.41 Å². The fraction of sp³-hybridized carbons (Fsp3) is 0.517. The van der Waals surface area contributed by atoms with Gasteiger partial charge < -0.3 is 33.3 Å². The summed E-state index contributed by atoms with van der Waals surface area (Å²) in [6.07, 6.45) is -2.20. The Kier molecular flexibility index (Phi) is 8.75. The van der Waals surface area contributed by atoms with Gasteiger partial charge in [0.05, 0.1) is 40.5 Å². The smallest absolute Gasteiger partial charge is 0.308 e. The second kappa shape index (κ2) is 11.7. The molecule has 0 radical (unpaired) electrons. The average Bonchev–Trinajstić information content (AvgIpc) is 3.00. The molecule has 0 bridgehead atoms. The molecule has 9 nitrogen and oxygen atoms in total. The number of carbonyl (C=O) groups is 2. The van der Waals surface area contributed by atoms with Crippen LogP contribution in [-0.2, 0) is 28.5 Å². The number of para-hydroxylation sites is 1. The Labute approximate surface area is 234 Å². The van der Waals surface area contributed by atoms with Gasteiger partial charge in [-0.25, -0.2) is 0 Å². The topological polar surface area (TPSA) is 92.8 Å². The van der Waals surface area contributed by atoms with Crippen LogP contribution in [-0.4, -0.2) is 64.4 Å². The Morgan fingerprint density at radius 3 is 2.44 bits per heavy atom. The zero-order chi connectivity index (χ0) is 28.4. The van der Waals surface area contributed by atoms with Crippen molar-refractivity contribution in [2.45, 2.75) is 52.1 Å². The zero-order valence-electron chi connectivity index (χ0n) is 23.2. The number of methoxy groups -OCH3 is 2. The lowest BCUT2D eigenvalue weighted by molar-refractivity contribution is -0.280. The first-order valence-corrected chi connectivity index (χ1v) is 13.3. The molecule has 0 spiro atoms. The van der Waals surface area contributed by atoms with Gasteiger partial charge in [0.1, 0.15) is 12.2 Å². The number of anilines is 1. The van der Waals surface area contributed by atoms with Crippen molar-refractivity contribution < 1.29 is 38.0 Å². The molecule has 1 fully saturated rings. The maximum atomic E-state index is 14.2. The van der Waals surface area contributed by atoms with E-state index >= 15 is 0 Å². The van der Waals surface area contributed by atoms with Crippen LogP contribution in [0.3, 0.4) is 0 Å². The zero-order valence-corrected chi connectivity index (χ0v) is 24.0. The fourth-order valence-corrected chi connectivity index (χ4v) is 5.03. The summed E-state index contributed by atoms with van der Waals surface area (Å²) in [6, 6.07) is 10.7. The normalized spacial score (nSPS) is 22.0. The van der Waals surface area contributed by atoms with Gasteiger partial charge in [0.2, 0.25) is 0 Å². The van der Waals surface area contributed by atoms with Gasteiger partial charge in [-0.3, -0.25) is 9.59 Å². The van der Waals surface area contributed by atoms with Crippen molar-refractivity contribution in [3.8, 4) is 11.5 Å². The Bertz CT molecular complexity index is 1210. The molecule has 0 aromatic heterocycles. The fourth-order valence-electron chi connectivity index (χ4n) is 4.85. The van der Waals surface area contributed by atoms with Gasteiger partial charge >= 0.3 is 5.97 Å². The molecule has 2 aromatic rings. The van der Waals surface area contributed by atoms with E-state index in [9.17, 15) is 9.59 Å². The van der Waals surface area contributed by atoms with E-state index in [-0.39, 0.29) is 25.5 Å². The molecule has 0 N–H and O–H groups in total. The van der Waals surface area contributed by atoms with Gasteiger partial charge in [-0.05, 0) is 45.0 Å². The third kappa shape index (κ3) is 6.32. The number of esters is 1. The molecule has 0 unspecified atom stereocenters. The molecule has 2 atom stereocenters. The molecule has 2 aliphatic rings. The van der Waals surface area contributed by atoms with Gasteiger partial charge in [0.15, 0.2) is 17.3 Å². The Morgan fingerprint density at radius 1 is 1.08 bits per heavy atom. The maximum absolute atomic E-state index is 14.2. The highest BCUT2D eigenvalue weighted by Gasteiger charge is 2.44. The van der Waals surface area contributed by atoms with Crippen LogP contribution in [0.4, 0.5) is 5.69 Å². The number of rotatable bonds is 8. The van der Waals surface area contributed by atoms with E-state index in [1.54, 1.807) is 43.2 Å². The molecular formula is C29H36ClNO8. The molecule has 0 saturated carbocycles. The van der Waals surface area contributed by atoms with Crippen LogP contribution >= 0.6 is 11.6 Å². The highest BCUT2D eigenvalue weighted by atomic mass is 35.5. The van der Waals surface area contributed by atoms with E-state index in [1.165, 1.54) is 7.11 Å². The van der Waals surface area contributed by atoms with Crippen LogP contribution in [0.5, 0.6) is 11.5 Å². The summed E-state index contributed by atoms with van der Waals surface area (Å²) < 4.78 is 34.8. The van der Waals surface area contributed by atoms with E-state index in [0.29, 0.717) is 46.5 Å². The lowest BCUT2D eigenvalue weighted by Gasteiger charge is -2.43. The van der Waals surface area contributed by atoms with Crippen LogP contribution in [0.2, 0.25) is 5.02 Å². The Morgan fingerprint density at radius 2 is 1.79 bits per heavy atom. The number of nitrogens with zero attached hydrogens (tertiary/aromatic N) is 1. The minimum absolute atomic E-state index is 0.189. The SMILES string of the molecule is CCOC(=O)C[C@H]1O[C@H](c2cccc(OC)c2OC)c2cc(Cl)ccc2N(CC2(C)COC(C)(C)OC2)C1=O. The predicted molar refractivity (Wildman–Crippen MR) is 145 cm³/mol. The monoisotopic (exact) mass is 561 g/mol. The van der Waals surface area contributed by atoms with Crippen LogP contribution in [0.1, 0.15) is 51.3 Å². The number of amides is 1. The molecular weight excluding hydrogens is 526 g/mol. The summed E-state index contributed by atoms with van der Waals surface area (Å²) >= 11 is 6.48. The lowest BCUT2D eigenvalue weighted by atomic mass is 9.89. The second-order valence-corrected chi connectivity index (χ2v) is 10.9. The van der Waals surface area contributed by atoms with Crippen LogP contribution in [0.25, 0.3) is 0 Å². The number of fused-ring (bicyclic) bond motifs is 1. The molecule has 0 aliphatic carbocycles. The van der Waals surface area contributed by atoms with Crippen molar-refractivity contribution in [1.29, 1.82) is 0 Å². The standard InChI is InChI=1S/C29H36ClNO8/c1-7-36-24(32)14-23-27(33)31(15-29(4)16-37-28(2,3)38-17-29)21-12-11-18(30)13-20(21)25(39-23)19-9-8-10-22(34-5)26(19)35-6/h8-13,23,25H,7,14-17H2,1-6H3/t23-,25-/m1/s1. The minimum atomic E-state index is -1.14. The third-order valence-corrected chi connectivity index (χ3v) is 7.09. The molecule has 2 aliphatic heterocycles. The number of hydrogen-bond donors (Lipinski definition) is 0. The van der Waals surface area contributed by atoms with Gasteiger partial charge in [0, 0.05) is 33.8 Å². The van der Waals surface area contributed by atoms with Crippen LogP contribution < -0.4 is 14.4 Å². The second-order valence-electron chi connectivity index (χ2n) is 10.5.